The Hall–Kier alpha value is -2.42. The van der Waals surface area contributed by atoms with E-state index < -0.39 is 28.0 Å². The maximum absolute atomic E-state index is 13.7. The van der Waals surface area contributed by atoms with Crippen LogP contribution in [0.15, 0.2) is 34.6 Å². The molecule has 0 saturated heterocycles. The summed E-state index contributed by atoms with van der Waals surface area (Å²) in [6, 6.07) is 1.51. The number of imidazole rings is 1. The van der Waals surface area contributed by atoms with Gasteiger partial charge in [0.1, 0.15) is 11.4 Å². The van der Waals surface area contributed by atoms with E-state index in [1.54, 1.807) is 0 Å². The number of aromatic nitrogens is 2. The van der Waals surface area contributed by atoms with E-state index >= 15 is 0 Å². The molecule has 0 aliphatic rings. The maximum atomic E-state index is 13.7. The van der Waals surface area contributed by atoms with Gasteiger partial charge in [0.25, 0.3) is 5.69 Å². The van der Waals surface area contributed by atoms with Gasteiger partial charge in [-0.2, -0.15) is 0 Å². The third-order valence-electron chi connectivity index (χ3n) is 2.16. The zero-order valence-electron chi connectivity index (χ0n) is 9.16. The number of nitrogens with one attached hydrogen (secondary N) is 1. The van der Waals surface area contributed by atoms with Crippen LogP contribution >= 0.6 is 11.8 Å². The highest BCUT2D eigenvalue weighted by molar-refractivity contribution is 7.99. The van der Waals surface area contributed by atoms with E-state index in [-0.39, 0.29) is 4.90 Å². The van der Waals surface area contributed by atoms with Crippen molar-refractivity contribution in [3.63, 3.8) is 0 Å². The fraction of sp³-hybridized carbons (Fsp3) is 0. The van der Waals surface area contributed by atoms with Crippen molar-refractivity contribution in [2.45, 2.75) is 10.1 Å². The Bertz CT molecular complexity index is 644. The Morgan fingerprint density at radius 2 is 2.26 bits per heavy atom. The molecular weight excluding hydrogens is 277 g/mol. The molecule has 0 atom stereocenters. The molecule has 19 heavy (non-hydrogen) atoms. The van der Waals surface area contributed by atoms with E-state index in [9.17, 15) is 19.3 Å². The highest BCUT2D eigenvalue weighted by atomic mass is 32.2. The monoisotopic (exact) mass is 283 g/mol. The number of carbonyl (C=O) groups is 1. The van der Waals surface area contributed by atoms with Crippen molar-refractivity contribution in [1.29, 1.82) is 0 Å². The number of carboxylic acids is 1. The smallest absolute Gasteiger partial charge is 0.342 e. The quantitative estimate of drug-likeness (QED) is 0.658. The van der Waals surface area contributed by atoms with Gasteiger partial charge in [0, 0.05) is 12.4 Å². The van der Waals surface area contributed by atoms with Gasteiger partial charge in [-0.1, -0.05) is 0 Å². The summed E-state index contributed by atoms with van der Waals surface area (Å²) in [5, 5.41) is 19.9. The Morgan fingerprint density at radius 1 is 1.53 bits per heavy atom. The second-order valence-corrected chi connectivity index (χ2v) is 4.39. The second-order valence-electron chi connectivity index (χ2n) is 3.36. The molecule has 7 nitrogen and oxygen atoms in total. The molecular formula is C10H6FN3O4S. The lowest BCUT2D eigenvalue weighted by Crippen LogP contribution is -2.04. The van der Waals surface area contributed by atoms with Gasteiger partial charge in [0.05, 0.1) is 15.9 Å². The van der Waals surface area contributed by atoms with Crippen LogP contribution in [0.1, 0.15) is 10.4 Å². The topological polar surface area (TPSA) is 109 Å². The summed E-state index contributed by atoms with van der Waals surface area (Å²) in [6.07, 6.45) is 2.97. The first kappa shape index (κ1) is 13.0. The number of nitro benzene ring substituents is 1. The average Bonchev–Trinajstić information content (AvgIpc) is 2.83. The van der Waals surface area contributed by atoms with Crippen LogP contribution in [-0.2, 0) is 0 Å². The minimum Gasteiger partial charge on any atom is -0.477 e. The highest BCUT2D eigenvalue weighted by Crippen LogP contribution is 2.32. The van der Waals surface area contributed by atoms with Gasteiger partial charge < -0.3 is 10.1 Å². The van der Waals surface area contributed by atoms with Gasteiger partial charge in [-0.3, -0.25) is 10.1 Å². The molecule has 0 saturated carbocycles. The molecule has 1 aromatic heterocycles. The fourth-order valence-electron chi connectivity index (χ4n) is 1.35. The molecule has 9 heteroatoms. The van der Waals surface area contributed by atoms with E-state index in [1.807, 2.05) is 0 Å². The predicted octanol–water partition coefficient (Wildman–Crippen LogP) is 2.31. The number of carboxylic acid groups (broad SMARTS) is 1. The number of hydrogen-bond donors (Lipinski definition) is 2. The summed E-state index contributed by atoms with van der Waals surface area (Å²) in [5.41, 5.74) is -1.35. The first-order valence-corrected chi connectivity index (χ1v) is 5.69. The van der Waals surface area contributed by atoms with Gasteiger partial charge in [-0.25, -0.2) is 14.2 Å². The summed E-state index contributed by atoms with van der Waals surface area (Å²) in [7, 11) is 0. The summed E-state index contributed by atoms with van der Waals surface area (Å²) < 4.78 is 13.7. The zero-order valence-corrected chi connectivity index (χ0v) is 9.98. The second kappa shape index (κ2) is 5.06. The number of hydrogen-bond acceptors (Lipinski definition) is 5. The molecule has 2 rings (SSSR count). The fourth-order valence-corrected chi connectivity index (χ4v) is 2.14. The van der Waals surface area contributed by atoms with Crippen LogP contribution in [0.2, 0.25) is 0 Å². The van der Waals surface area contributed by atoms with E-state index in [0.29, 0.717) is 11.2 Å². The van der Waals surface area contributed by atoms with Crippen molar-refractivity contribution in [2.75, 3.05) is 0 Å². The first-order chi connectivity index (χ1) is 8.99. The van der Waals surface area contributed by atoms with E-state index in [0.717, 1.165) is 17.8 Å². The number of H-pyrrole nitrogens is 1. The lowest BCUT2D eigenvalue weighted by molar-refractivity contribution is -0.385. The van der Waals surface area contributed by atoms with Crippen LogP contribution in [-0.4, -0.2) is 26.0 Å². The lowest BCUT2D eigenvalue weighted by Gasteiger charge is -2.03. The van der Waals surface area contributed by atoms with Crippen molar-refractivity contribution in [3.05, 3.63) is 46.0 Å². The van der Waals surface area contributed by atoms with Gasteiger partial charge in [0.2, 0.25) is 0 Å². The van der Waals surface area contributed by atoms with Crippen molar-refractivity contribution < 1.29 is 19.2 Å². The van der Waals surface area contributed by atoms with E-state index in [4.69, 9.17) is 5.11 Å². The van der Waals surface area contributed by atoms with E-state index in [1.165, 1.54) is 12.4 Å². The van der Waals surface area contributed by atoms with Crippen LogP contribution < -0.4 is 0 Å². The van der Waals surface area contributed by atoms with Crippen molar-refractivity contribution in [2.24, 2.45) is 0 Å². The summed E-state index contributed by atoms with van der Waals surface area (Å²) in [6.45, 7) is 0. The van der Waals surface area contributed by atoms with Crippen molar-refractivity contribution in [1.82, 2.24) is 9.97 Å². The van der Waals surface area contributed by atoms with Crippen LogP contribution in [0, 0.1) is 15.9 Å². The van der Waals surface area contributed by atoms with Gasteiger partial charge in [-0.15, -0.1) is 0 Å². The number of rotatable bonds is 4. The number of halogens is 1. The average molecular weight is 283 g/mol. The zero-order chi connectivity index (χ0) is 14.0. The molecule has 1 aromatic carbocycles. The van der Waals surface area contributed by atoms with Crippen molar-refractivity contribution >= 4 is 23.4 Å². The summed E-state index contributed by atoms with van der Waals surface area (Å²) >= 11 is 0.845. The normalized spacial score (nSPS) is 10.4. The number of nitrogens with zero attached hydrogens (tertiary/aromatic N) is 2. The Labute approximate surface area is 109 Å². The summed E-state index contributed by atoms with van der Waals surface area (Å²) in [5.74, 6) is -2.37. The lowest BCUT2D eigenvalue weighted by atomic mass is 10.2. The Kier molecular flexibility index (Phi) is 3.47. The maximum Gasteiger partial charge on any atom is 0.342 e. The SMILES string of the molecule is O=C(O)c1cc(Sc2ncc[nH]2)c(F)cc1[N+](=O)[O-]. The molecule has 0 spiro atoms. The van der Waals surface area contributed by atoms with Gasteiger partial charge >= 0.3 is 5.97 Å². The number of aromatic carboxylic acids is 1. The number of benzene rings is 1. The molecule has 0 aliphatic heterocycles. The molecule has 0 fully saturated rings. The van der Waals surface area contributed by atoms with Crippen LogP contribution in [0.5, 0.6) is 0 Å². The molecule has 0 bridgehead atoms. The molecule has 0 radical (unpaired) electrons. The van der Waals surface area contributed by atoms with Crippen LogP contribution in [0.3, 0.4) is 0 Å². The third-order valence-corrected chi connectivity index (χ3v) is 3.11. The van der Waals surface area contributed by atoms with Gasteiger partial charge in [-0.05, 0) is 17.8 Å². The molecule has 0 unspecified atom stereocenters. The van der Waals surface area contributed by atoms with Crippen molar-refractivity contribution in [3.8, 4) is 0 Å². The molecule has 0 amide bonds. The standard InChI is InChI=1S/C10H6FN3O4S/c11-6-4-7(14(17)18)5(9(15)16)3-8(6)19-10-12-1-2-13-10/h1-4H,(H,12,13)(H,15,16). The molecule has 0 aliphatic carbocycles. The highest BCUT2D eigenvalue weighted by Gasteiger charge is 2.23. The minimum absolute atomic E-state index is 0.0575. The van der Waals surface area contributed by atoms with Crippen LogP contribution in [0.4, 0.5) is 10.1 Å². The third kappa shape index (κ3) is 2.71. The molecule has 2 N–H and O–H groups in total. The molecule has 2 aromatic rings. The Morgan fingerprint density at radius 3 is 2.79 bits per heavy atom. The number of aromatic amines is 1. The summed E-state index contributed by atoms with van der Waals surface area (Å²) in [4.78, 5) is 27.1. The Balaban J connectivity index is 2.48. The largest absolute Gasteiger partial charge is 0.477 e. The van der Waals surface area contributed by atoms with Gasteiger partial charge in [0.15, 0.2) is 5.16 Å². The number of nitro groups is 1. The molecule has 1 heterocycles. The molecule has 98 valence electrons. The predicted molar refractivity (Wildman–Crippen MR) is 62.7 cm³/mol. The van der Waals surface area contributed by atoms with Crippen LogP contribution in [0.25, 0.3) is 0 Å². The first-order valence-electron chi connectivity index (χ1n) is 4.87. The minimum atomic E-state index is -1.49. The van der Waals surface area contributed by atoms with E-state index in [2.05, 4.69) is 9.97 Å².